The van der Waals surface area contributed by atoms with Crippen LogP contribution < -0.4 is 0 Å². The fourth-order valence-electron chi connectivity index (χ4n) is 2.47. The zero-order valence-electron chi connectivity index (χ0n) is 8.98. The van der Waals surface area contributed by atoms with E-state index in [1.165, 1.54) is 12.8 Å². The lowest BCUT2D eigenvalue weighted by Gasteiger charge is -2.35. The molecule has 0 atom stereocenters. The summed E-state index contributed by atoms with van der Waals surface area (Å²) in [6, 6.07) is 0. The second-order valence-electron chi connectivity index (χ2n) is 4.55. The maximum absolute atomic E-state index is 3.33. The first-order valence-corrected chi connectivity index (χ1v) is 8.23. The predicted octanol–water partition coefficient (Wildman–Crippen LogP) is 5.14. The lowest BCUT2D eigenvalue weighted by Crippen LogP contribution is -2.21. The molecule has 0 aromatic carbocycles. The lowest BCUT2D eigenvalue weighted by molar-refractivity contribution is 0.176. The number of alkyl halides is 2. The molecular formula is C12H22Br2. The quantitative estimate of drug-likeness (QED) is 0.497. The Balaban J connectivity index is 0.000000149. The van der Waals surface area contributed by atoms with Crippen molar-refractivity contribution in [3.63, 3.8) is 0 Å². The van der Waals surface area contributed by atoms with Crippen LogP contribution in [0.25, 0.3) is 0 Å². The highest BCUT2D eigenvalue weighted by molar-refractivity contribution is 9.09. The van der Waals surface area contributed by atoms with E-state index in [1.54, 1.807) is 38.5 Å². The molecule has 0 aromatic rings. The fraction of sp³-hybridized carbons (Fsp3) is 1.00. The van der Waals surface area contributed by atoms with Crippen LogP contribution in [0.15, 0.2) is 0 Å². The Morgan fingerprint density at radius 3 is 1.07 bits per heavy atom. The minimum atomic E-state index is 1.14. The summed E-state index contributed by atoms with van der Waals surface area (Å²) in [7, 11) is 0. The van der Waals surface area contributed by atoms with Crippen molar-refractivity contribution in [3.8, 4) is 0 Å². The van der Waals surface area contributed by atoms with E-state index in [0.717, 1.165) is 22.5 Å². The average Bonchev–Trinajstić information content (AvgIpc) is 2.30. The average molecular weight is 326 g/mol. The van der Waals surface area contributed by atoms with E-state index in [0.29, 0.717) is 0 Å². The summed E-state index contributed by atoms with van der Waals surface area (Å²) in [5.41, 5.74) is 0. The lowest BCUT2D eigenvalue weighted by atomic mass is 9.71. The minimum Gasteiger partial charge on any atom is -0.0928 e. The highest BCUT2D eigenvalue weighted by Gasteiger charge is 2.26. The first-order valence-electron chi connectivity index (χ1n) is 5.98. The smallest absolute Gasteiger partial charge is 0.00315 e. The number of halogens is 2. The summed E-state index contributed by atoms with van der Waals surface area (Å²) >= 11 is 6.66. The van der Waals surface area contributed by atoms with Crippen LogP contribution in [0.3, 0.4) is 0 Å². The van der Waals surface area contributed by atoms with Gasteiger partial charge >= 0.3 is 0 Å². The summed E-state index contributed by atoms with van der Waals surface area (Å²) in [6.45, 7) is 0. The van der Waals surface area contributed by atoms with Crippen molar-refractivity contribution >= 4 is 31.9 Å². The van der Waals surface area contributed by atoms with Crippen LogP contribution in [0.2, 0.25) is 0 Å². The molecule has 0 amide bonds. The van der Waals surface area contributed by atoms with Crippen molar-refractivity contribution in [1.82, 2.24) is 0 Å². The Morgan fingerprint density at radius 2 is 0.929 bits per heavy atom. The number of fused-ring (bicyclic) bond motifs is 3. The fourth-order valence-corrected chi connectivity index (χ4v) is 3.26. The van der Waals surface area contributed by atoms with E-state index < -0.39 is 0 Å². The van der Waals surface area contributed by atoms with Gasteiger partial charge in [-0.1, -0.05) is 70.4 Å². The molecule has 3 fully saturated rings. The van der Waals surface area contributed by atoms with Gasteiger partial charge in [0.25, 0.3) is 0 Å². The molecule has 0 radical (unpaired) electrons. The maximum atomic E-state index is 3.33. The molecule has 0 aromatic heterocycles. The number of hydrogen-bond donors (Lipinski definition) is 0. The first kappa shape index (κ1) is 13.0. The number of hydrogen-bond acceptors (Lipinski definition) is 0. The number of rotatable bonds is 3. The van der Waals surface area contributed by atoms with Gasteiger partial charge in [0.1, 0.15) is 0 Å². The molecule has 3 saturated carbocycles. The van der Waals surface area contributed by atoms with Crippen LogP contribution in [0.4, 0.5) is 0 Å². The molecule has 0 nitrogen and oxygen atoms in total. The first-order chi connectivity index (χ1) is 6.86. The van der Waals surface area contributed by atoms with Gasteiger partial charge in [0.15, 0.2) is 0 Å². The zero-order chi connectivity index (χ0) is 10.2. The summed E-state index contributed by atoms with van der Waals surface area (Å²) in [6.07, 6.45) is 11.9. The van der Waals surface area contributed by atoms with Gasteiger partial charge < -0.3 is 0 Å². The molecule has 0 unspecified atom stereocenters. The molecule has 0 aliphatic heterocycles. The Bertz CT molecular complexity index is 101. The van der Waals surface area contributed by atoms with E-state index in [9.17, 15) is 0 Å². The summed E-state index contributed by atoms with van der Waals surface area (Å²) in [4.78, 5) is 0. The van der Waals surface area contributed by atoms with Crippen LogP contribution in [0, 0.1) is 11.8 Å². The zero-order valence-corrected chi connectivity index (χ0v) is 12.2. The van der Waals surface area contributed by atoms with Crippen LogP contribution in [-0.4, -0.2) is 10.7 Å². The van der Waals surface area contributed by atoms with E-state index in [-0.39, 0.29) is 0 Å². The van der Waals surface area contributed by atoms with Crippen LogP contribution in [0.5, 0.6) is 0 Å². The van der Waals surface area contributed by atoms with Crippen molar-refractivity contribution in [1.29, 1.82) is 0 Å². The maximum Gasteiger partial charge on any atom is 0.00315 e. The Kier molecular flexibility index (Phi) is 7.58. The molecule has 84 valence electrons. The summed E-state index contributed by atoms with van der Waals surface area (Å²) in [5.74, 6) is 2.31. The minimum absolute atomic E-state index is 1.14. The normalized spacial score (nSPS) is 29.6. The van der Waals surface area contributed by atoms with Gasteiger partial charge in [0.05, 0.1) is 0 Å². The van der Waals surface area contributed by atoms with Gasteiger partial charge in [-0.3, -0.25) is 0 Å². The van der Waals surface area contributed by atoms with Gasteiger partial charge in [-0.15, -0.1) is 0 Å². The Labute approximate surface area is 105 Å². The molecule has 0 N–H and O–H groups in total. The molecule has 0 heterocycles. The molecule has 14 heavy (non-hydrogen) atoms. The highest BCUT2D eigenvalue weighted by atomic mass is 79.9. The molecule has 3 aliphatic carbocycles. The third-order valence-corrected chi connectivity index (χ3v) is 4.59. The van der Waals surface area contributed by atoms with Crippen LogP contribution in [-0.2, 0) is 0 Å². The van der Waals surface area contributed by atoms with Crippen molar-refractivity contribution in [2.75, 3.05) is 10.7 Å². The molecule has 0 spiro atoms. The second kappa shape index (κ2) is 8.15. The van der Waals surface area contributed by atoms with E-state index in [2.05, 4.69) is 31.9 Å². The van der Waals surface area contributed by atoms with Crippen LogP contribution >= 0.6 is 31.9 Å². The van der Waals surface area contributed by atoms with Gasteiger partial charge in [-0.2, -0.15) is 0 Å². The van der Waals surface area contributed by atoms with Gasteiger partial charge in [0.2, 0.25) is 0 Å². The predicted molar refractivity (Wildman–Crippen MR) is 71.5 cm³/mol. The van der Waals surface area contributed by atoms with Crippen LogP contribution in [0.1, 0.15) is 51.4 Å². The van der Waals surface area contributed by atoms with Gasteiger partial charge in [-0.05, 0) is 24.7 Å². The molecule has 3 rings (SSSR count). The molecule has 3 aliphatic rings. The van der Waals surface area contributed by atoms with Crippen molar-refractivity contribution in [2.24, 2.45) is 11.8 Å². The van der Waals surface area contributed by atoms with Crippen molar-refractivity contribution in [2.45, 2.75) is 51.4 Å². The molecule has 0 saturated heterocycles. The third-order valence-electron chi connectivity index (χ3n) is 3.47. The van der Waals surface area contributed by atoms with E-state index in [1.807, 2.05) is 0 Å². The van der Waals surface area contributed by atoms with Crippen molar-refractivity contribution in [3.05, 3.63) is 0 Å². The third kappa shape index (κ3) is 5.16. The molecular weight excluding hydrogens is 304 g/mol. The largest absolute Gasteiger partial charge is 0.0928 e. The van der Waals surface area contributed by atoms with Gasteiger partial charge in [0, 0.05) is 10.7 Å². The molecule has 2 heteroatoms. The monoisotopic (exact) mass is 324 g/mol. The SMILES string of the molecule is BrCCCCBr.C1CC2CCC1CC2. The number of unbranched alkanes of at least 4 members (excludes halogenated alkanes) is 1. The topological polar surface area (TPSA) is 0 Å². The summed E-state index contributed by atoms with van der Waals surface area (Å²) in [5, 5.41) is 2.28. The summed E-state index contributed by atoms with van der Waals surface area (Å²) < 4.78 is 0. The standard InChI is InChI=1S/C8H14.C4H8Br2/c1-2-8-5-3-7(1)4-6-8;5-3-1-2-4-6/h7-8H,1-6H2;1-4H2. The molecule has 2 bridgehead atoms. The Morgan fingerprint density at radius 1 is 0.643 bits per heavy atom. The van der Waals surface area contributed by atoms with E-state index in [4.69, 9.17) is 0 Å². The van der Waals surface area contributed by atoms with E-state index >= 15 is 0 Å². The second-order valence-corrected chi connectivity index (χ2v) is 6.14. The Hall–Kier alpha value is 0.960. The highest BCUT2D eigenvalue weighted by Crippen LogP contribution is 2.40. The van der Waals surface area contributed by atoms with Crippen molar-refractivity contribution < 1.29 is 0 Å². The van der Waals surface area contributed by atoms with Gasteiger partial charge in [-0.25, -0.2) is 0 Å².